The van der Waals surface area contributed by atoms with Crippen LogP contribution in [0, 0.1) is 11.2 Å². The van der Waals surface area contributed by atoms with Crippen LogP contribution in [0.1, 0.15) is 32.6 Å². The standard InChI is InChI=1S/C19H30FN3OS/c1-3-21-18(23-15-19(9-4-10-19)11-13-24-2)22-12-14-25-17-7-5-16(20)6-8-17/h5-8H,3-4,9-15H2,1-2H3,(H2,21,22,23). The van der Waals surface area contributed by atoms with Gasteiger partial charge in [-0.3, -0.25) is 4.99 Å². The van der Waals surface area contributed by atoms with E-state index in [1.165, 1.54) is 31.4 Å². The number of aliphatic imine (C=N–C) groups is 1. The molecule has 140 valence electrons. The number of nitrogens with zero attached hydrogens (tertiary/aromatic N) is 1. The van der Waals surface area contributed by atoms with Gasteiger partial charge in [0.15, 0.2) is 5.96 Å². The fourth-order valence-corrected chi connectivity index (χ4v) is 3.71. The van der Waals surface area contributed by atoms with Crippen LogP contribution < -0.4 is 10.6 Å². The highest BCUT2D eigenvalue weighted by Gasteiger charge is 2.36. The quantitative estimate of drug-likeness (QED) is 0.287. The third-order valence-electron chi connectivity index (χ3n) is 4.64. The van der Waals surface area contributed by atoms with Crippen LogP contribution in [0.5, 0.6) is 0 Å². The summed E-state index contributed by atoms with van der Waals surface area (Å²) in [7, 11) is 1.76. The Morgan fingerprint density at radius 2 is 2.04 bits per heavy atom. The molecule has 0 saturated heterocycles. The Morgan fingerprint density at radius 1 is 1.28 bits per heavy atom. The highest BCUT2D eigenvalue weighted by molar-refractivity contribution is 7.99. The van der Waals surface area contributed by atoms with Crippen LogP contribution in [0.3, 0.4) is 0 Å². The summed E-state index contributed by atoms with van der Waals surface area (Å²) >= 11 is 1.71. The molecule has 0 amide bonds. The monoisotopic (exact) mass is 367 g/mol. The molecule has 1 saturated carbocycles. The second kappa shape index (κ2) is 10.7. The summed E-state index contributed by atoms with van der Waals surface area (Å²) in [6.07, 6.45) is 4.89. The molecule has 0 radical (unpaired) electrons. The lowest BCUT2D eigenvalue weighted by atomic mass is 9.67. The molecule has 0 spiro atoms. The Balaban J connectivity index is 1.76. The number of rotatable bonds is 10. The van der Waals surface area contributed by atoms with Gasteiger partial charge in [0.25, 0.3) is 0 Å². The van der Waals surface area contributed by atoms with Crippen LogP contribution in [0.25, 0.3) is 0 Å². The van der Waals surface area contributed by atoms with E-state index < -0.39 is 0 Å². The lowest BCUT2D eigenvalue weighted by Crippen LogP contribution is -2.41. The largest absolute Gasteiger partial charge is 0.385 e. The molecule has 0 heterocycles. The van der Waals surface area contributed by atoms with Gasteiger partial charge in [0.1, 0.15) is 5.82 Å². The van der Waals surface area contributed by atoms with Crippen molar-refractivity contribution in [2.24, 2.45) is 10.4 Å². The first-order valence-electron chi connectivity index (χ1n) is 9.07. The normalized spacial score (nSPS) is 16.4. The number of ether oxygens (including phenoxy) is 1. The maximum absolute atomic E-state index is 12.9. The van der Waals surface area contributed by atoms with Crippen molar-refractivity contribution in [3.63, 3.8) is 0 Å². The molecule has 1 aliphatic rings. The van der Waals surface area contributed by atoms with Gasteiger partial charge in [-0.2, -0.15) is 0 Å². The summed E-state index contributed by atoms with van der Waals surface area (Å²) < 4.78 is 18.2. The van der Waals surface area contributed by atoms with Gasteiger partial charge in [0.05, 0.1) is 0 Å². The topological polar surface area (TPSA) is 45.7 Å². The van der Waals surface area contributed by atoms with E-state index in [1.54, 1.807) is 18.9 Å². The van der Waals surface area contributed by atoms with Crippen molar-refractivity contribution >= 4 is 17.7 Å². The van der Waals surface area contributed by atoms with Gasteiger partial charge in [-0.15, -0.1) is 11.8 Å². The van der Waals surface area contributed by atoms with Crippen molar-refractivity contribution in [2.45, 2.75) is 37.5 Å². The summed E-state index contributed by atoms with van der Waals surface area (Å²) in [5, 5.41) is 6.71. The maximum Gasteiger partial charge on any atom is 0.191 e. The molecule has 0 aliphatic heterocycles. The Kier molecular flexibility index (Phi) is 8.55. The van der Waals surface area contributed by atoms with E-state index in [1.807, 2.05) is 12.1 Å². The molecule has 6 heteroatoms. The lowest BCUT2D eigenvalue weighted by Gasteiger charge is -2.40. The first-order valence-corrected chi connectivity index (χ1v) is 10.1. The zero-order valence-corrected chi connectivity index (χ0v) is 16.1. The van der Waals surface area contributed by atoms with Crippen molar-refractivity contribution in [2.75, 3.05) is 39.1 Å². The van der Waals surface area contributed by atoms with Crippen molar-refractivity contribution < 1.29 is 9.13 Å². The third-order valence-corrected chi connectivity index (χ3v) is 5.66. The number of benzene rings is 1. The Morgan fingerprint density at radius 3 is 2.64 bits per heavy atom. The molecule has 1 fully saturated rings. The average Bonchev–Trinajstić information content (AvgIpc) is 2.58. The molecular weight excluding hydrogens is 337 g/mol. The first kappa shape index (κ1) is 20.0. The molecule has 0 unspecified atom stereocenters. The fourth-order valence-electron chi connectivity index (χ4n) is 2.94. The molecule has 4 nitrogen and oxygen atoms in total. The van der Waals surface area contributed by atoms with E-state index in [2.05, 4.69) is 17.6 Å². The predicted molar refractivity (Wildman–Crippen MR) is 104 cm³/mol. The van der Waals surface area contributed by atoms with Gasteiger partial charge in [-0.05, 0) is 55.9 Å². The Bertz CT molecular complexity index is 532. The molecule has 25 heavy (non-hydrogen) atoms. The van der Waals surface area contributed by atoms with Crippen LogP contribution in [0.4, 0.5) is 4.39 Å². The third kappa shape index (κ3) is 6.86. The van der Waals surface area contributed by atoms with Crippen LogP contribution in [-0.2, 0) is 4.74 Å². The van der Waals surface area contributed by atoms with Gasteiger partial charge in [0.2, 0.25) is 0 Å². The minimum atomic E-state index is -0.192. The molecule has 1 aromatic carbocycles. The average molecular weight is 368 g/mol. The van der Waals surface area contributed by atoms with Gasteiger partial charge < -0.3 is 15.4 Å². The number of hydrogen-bond donors (Lipinski definition) is 2. The van der Waals surface area contributed by atoms with E-state index in [-0.39, 0.29) is 5.82 Å². The van der Waals surface area contributed by atoms with E-state index >= 15 is 0 Å². The summed E-state index contributed by atoms with van der Waals surface area (Å²) in [5.41, 5.74) is 0.335. The second-order valence-electron chi connectivity index (χ2n) is 6.52. The summed E-state index contributed by atoms with van der Waals surface area (Å²) in [5.74, 6) is 1.60. The minimum Gasteiger partial charge on any atom is -0.385 e. The SMILES string of the molecule is CCNC(=NCC1(CCOC)CCC1)NCCSc1ccc(F)cc1. The Labute approximate surface area is 155 Å². The molecule has 0 aromatic heterocycles. The van der Waals surface area contributed by atoms with Crippen LogP contribution in [-0.4, -0.2) is 45.1 Å². The molecule has 1 aliphatic carbocycles. The summed E-state index contributed by atoms with van der Waals surface area (Å²) in [4.78, 5) is 5.88. The highest BCUT2D eigenvalue weighted by atomic mass is 32.2. The summed E-state index contributed by atoms with van der Waals surface area (Å²) in [6, 6.07) is 6.63. The fraction of sp³-hybridized carbons (Fsp3) is 0.632. The van der Waals surface area contributed by atoms with Crippen molar-refractivity contribution in [3.05, 3.63) is 30.1 Å². The number of guanidine groups is 1. The van der Waals surface area contributed by atoms with Gasteiger partial charge in [-0.25, -0.2) is 4.39 Å². The van der Waals surface area contributed by atoms with Gasteiger partial charge >= 0.3 is 0 Å². The number of methoxy groups -OCH3 is 1. The number of thioether (sulfide) groups is 1. The second-order valence-corrected chi connectivity index (χ2v) is 7.69. The lowest BCUT2D eigenvalue weighted by molar-refractivity contribution is 0.0778. The van der Waals surface area contributed by atoms with E-state index in [9.17, 15) is 4.39 Å². The maximum atomic E-state index is 12.9. The molecule has 0 atom stereocenters. The molecule has 2 N–H and O–H groups in total. The van der Waals surface area contributed by atoms with Crippen molar-refractivity contribution in [1.29, 1.82) is 0 Å². The smallest absolute Gasteiger partial charge is 0.191 e. The van der Waals surface area contributed by atoms with E-state index in [4.69, 9.17) is 9.73 Å². The first-order chi connectivity index (χ1) is 12.2. The van der Waals surface area contributed by atoms with Crippen molar-refractivity contribution in [3.8, 4) is 0 Å². The minimum absolute atomic E-state index is 0.192. The Hall–Kier alpha value is -1.27. The molecular formula is C19H30FN3OS. The highest BCUT2D eigenvalue weighted by Crippen LogP contribution is 2.44. The van der Waals surface area contributed by atoms with Gasteiger partial charge in [0, 0.05) is 44.0 Å². The molecule has 2 rings (SSSR count). The predicted octanol–water partition coefficient (Wildman–Crippen LogP) is 3.68. The van der Waals surface area contributed by atoms with E-state index in [0.717, 1.165) is 49.3 Å². The van der Waals surface area contributed by atoms with E-state index in [0.29, 0.717) is 5.41 Å². The van der Waals surface area contributed by atoms with Gasteiger partial charge in [-0.1, -0.05) is 6.42 Å². The van der Waals surface area contributed by atoms with Crippen LogP contribution in [0.2, 0.25) is 0 Å². The summed E-state index contributed by atoms with van der Waals surface area (Å²) in [6.45, 7) is 5.42. The molecule has 1 aromatic rings. The van der Waals surface area contributed by atoms with Crippen molar-refractivity contribution in [1.82, 2.24) is 10.6 Å². The number of halogens is 1. The number of hydrogen-bond acceptors (Lipinski definition) is 3. The molecule has 0 bridgehead atoms. The van der Waals surface area contributed by atoms with Crippen LogP contribution in [0.15, 0.2) is 34.2 Å². The zero-order chi connectivity index (χ0) is 18.0. The number of nitrogens with one attached hydrogen (secondary N) is 2. The zero-order valence-electron chi connectivity index (χ0n) is 15.3. The van der Waals surface area contributed by atoms with Crippen LogP contribution >= 0.6 is 11.8 Å².